The molecule has 1 aromatic rings. The molecule has 0 saturated carbocycles. The largest absolute Gasteiger partial charge is 0.480 e. The van der Waals surface area contributed by atoms with E-state index in [1.165, 1.54) is 24.3 Å². The van der Waals surface area contributed by atoms with Crippen molar-refractivity contribution in [2.45, 2.75) is 43.5 Å². The van der Waals surface area contributed by atoms with Crippen LogP contribution >= 0.6 is 0 Å². The normalized spacial score (nSPS) is 16.2. The third-order valence-corrected chi connectivity index (χ3v) is 3.34. The Morgan fingerprint density at radius 2 is 1.76 bits per heavy atom. The molecule has 0 aliphatic heterocycles. The molecular formula is C14H18F3NO3. The van der Waals surface area contributed by atoms with E-state index in [9.17, 15) is 23.1 Å². The number of carbonyl (C=O) groups is 1. The summed E-state index contributed by atoms with van der Waals surface area (Å²) in [7, 11) is 0. The third-order valence-electron chi connectivity index (χ3n) is 3.34. The topological polar surface area (TPSA) is 83.5 Å². The predicted molar refractivity (Wildman–Crippen MR) is 70.5 cm³/mol. The lowest BCUT2D eigenvalue weighted by molar-refractivity contribution is -0.269. The number of aliphatic hydroxyl groups is 1. The van der Waals surface area contributed by atoms with Gasteiger partial charge in [-0.2, -0.15) is 13.2 Å². The highest BCUT2D eigenvalue weighted by molar-refractivity contribution is 5.72. The zero-order valence-corrected chi connectivity index (χ0v) is 11.3. The summed E-state index contributed by atoms with van der Waals surface area (Å²) in [5.74, 6) is -1.19. The summed E-state index contributed by atoms with van der Waals surface area (Å²) in [5, 5.41) is 18.6. The number of carboxylic acid groups (broad SMARTS) is 1. The fourth-order valence-electron chi connectivity index (χ4n) is 2.03. The molecule has 0 heterocycles. The Balaban J connectivity index is 2.71. The van der Waals surface area contributed by atoms with Crippen molar-refractivity contribution in [2.75, 3.05) is 0 Å². The van der Waals surface area contributed by atoms with Gasteiger partial charge in [-0.1, -0.05) is 36.8 Å². The van der Waals surface area contributed by atoms with E-state index in [2.05, 4.69) is 0 Å². The Kier molecular flexibility index (Phi) is 5.74. The SMILES string of the molecule is N[C@@H](CCCCC(O)(c1ccccc1)C(F)(F)F)C(=O)O. The van der Waals surface area contributed by atoms with Gasteiger partial charge in [0.2, 0.25) is 0 Å². The van der Waals surface area contributed by atoms with Crippen molar-refractivity contribution in [3.05, 3.63) is 35.9 Å². The first-order valence-corrected chi connectivity index (χ1v) is 6.51. The summed E-state index contributed by atoms with van der Waals surface area (Å²) >= 11 is 0. The summed E-state index contributed by atoms with van der Waals surface area (Å²) in [6.45, 7) is 0. The summed E-state index contributed by atoms with van der Waals surface area (Å²) in [6, 6.07) is 5.75. The molecule has 0 saturated heterocycles. The van der Waals surface area contributed by atoms with Crippen LogP contribution in [0.3, 0.4) is 0 Å². The van der Waals surface area contributed by atoms with E-state index in [0.717, 1.165) is 0 Å². The standard InChI is InChI=1S/C14H18F3NO3/c15-14(16,17)13(21,10-6-2-1-3-7-10)9-5-4-8-11(18)12(19)20/h1-3,6-7,11,21H,4-5,8-9,18H2,(H,19,20)/t11-,13?/m0/s1. The van der Waals surface area contributed by atoms with E-state index in [4.69, 9.17) is 10.8 Å². The van der Waals surface area contributed by atoms with Crippen LogP contribution in [0.5, 0.6) is 0 Å². The van der Waals surface area contributed by atoms with Gasteiger partial charge in [-0.25, -0.2) is 0 Å². The fourth-order valence-corrected chi connectivity index (χ4v) is 2.03. The molecule has 2 atom stereocenters. The molecule has 0 spiro atoms. The zero-order chi connectivity index (χ0) is 16.1. The predicted octanol–water partition coefficient (Wildman–Crippen LogP) is 2.41. The molecule has 118 valence electrons. The number of aliphatic carboxylic acids is 1. The third kappa shape index (κ3) is 4.44. The van der Waals surface area contributed by atoms with Gasteiger partial charge in [0.25, 0.3) is 0 Å². The van der Waals surface area contributed by atoms with Crippen LogP contribution in [0.2, 0.25) is 0 Å². The van der Waals surface area contributed by atoms with Crippen molar-refractivity contribution in [1.82, 2.24) is 0 Å². The van der Waals surface area contributed by atoms with Crippen molar-refractivity contribution in [3.63, 3.8) is 0 Å². The lowest BCUT2D eigenvalue weighted by atomic mass is 9.87. The van der Waals surface area contributed by atoms with Crippen LogP contribution in [-0.2, 0) is 10.4 Å². The van der Waals surface area contributed by atoms with E-state index in [1.54, 1.807) is 6.07 Å². The molecule has 21 heavy (non-hydrogen) atoms. The quantitative estimate of drug-likeness (QED) is 0.675. The first kappa shape index (κ1) is 17.5. The average Bonchev–Trinajstić information content (AvgIpc) is 2.42. The van der Waals surface area contributed by atoms with Gasteiger partial charge in [0.15, 0.2) is 5.60 Å². The molecule has 0 aliphatic rings. The molecule has 0 aromatic heterocycles. The van der Waals surface area contributed by atoms with Crippen molar-refractivity contribution in [2.24, 2.45) is 5.73 Å². The van der Waals surface area contributed by atoms with Crippen molar-refractivity contribution in [3.8, 4) is 0 Å². The van der Waals surface area contributed by atoms with Crippen molar-refractivity contribution < 1.29 is 28.2 Å². The van der Waals surface area contributed by atoms with E-state index >= 15 is 0 Å². The van der Waals surface area contributed by atoms with E-state index in [-0.39, 0.29) is 24.8 Å². The molecule has 0 bridgehead atoms. The van der Waals surface area contributed by atoms with Crippen molar-refractivity contribution in [1.29, 1.82) is 0 Å². The summed E-state index contributed by atoms with van der Waals surface area (Å²) in [4.78, 5) is 10.5. The van der Waals surface area contributed by atoms with Crippen LogP contribution in [0, 0.1) is 0 Å². The molecule has 0 aliphatic carbocycles. The van der Waals surface area contributed by atoms with Gasteiger partial charge < -0.3 is 15.9 Å². The second-order valence-corrected chi connectivity index (χ2v) is 4.91. The van der Waals surface area contributed by atoms with E-state index in [0.29, 0.717) is 0 Å². The van der Waals surface area contributed by atoms with Crippen molar-refractivity contribution >= 4 is 5.97 Å². The highest BCUT2D eigenvalue weighted by atomic mass is 19.4. The number of rotatable bonds is 7. The number of carboxylic acids is 1. The first-order chi connectivity index (χ1) is 9.68. The Morgan fingerprint density at radius 1 is 1.19 bits per heavy atom. The Hall–Kier alpha value is -1.60. The van der Waals surface area contributed by atoms with Gasteiger partial charge >= 0.3 is 12.1 Å². The minimum absolute atomic E-state index is 0.0197. The van der Waals surface area contributed by atoms with Gasteiger partial charge in [0.05, 0.1) is 0 Å². The second-order valence-electron chi connectivity index (χ2n) is 4.91. The number of hydrogen-bond acceptors (Lipinski definition) is 3. The van der Waals surface area contributed by atoms with Gasteiger partial charge in [-0.05, 0) is 24.8 Å². The van der Waals surface area contributed by atoms with Gasteiger partial charge in [-0.3, -0.25) is 4.79 Å². The molecule has 0 fully saturated rings. The Labute approximate surface area is 120 Å². The molecule has 1 rings (SSSR count). The molecule has 4 nitrogen and oxygen atoms in total. The minimum Gasteiger partial charge on any atom is -0.480 e. The highest BCUT2D eigenvalue weighted by Crippen LogP contribution is 2.42. The lowest BCUT2D eigenvalue weighted by Crippen LogP contribution is -2.42. The van der Waals surface area contributed by atoms with Crippen LogP contribution in [0.25, 0.3) is 0 Å². The van der Waals surface area contributed by atoms with Crippen LogP contribution in [0.4, 0.5) is 13.2 Å². The molecule has 0 amide bonds. The molecule has 0 radical (unpaired) electrons. The average molecular weight is 305 g/mol. The number of hydrogen-bond donors (Lipinski definition) is 3. The molecule has 1 unspecified atom stereocenters. The summed E-state index contributed by atoms with van der Waals surface area (Å²) < 4.78 is 39.4. The van der Waals surface area contributed by atoms with Crippen LogP contribution < -0.4 is 5.73 Å². The fraction of sp³-hybridized carbons (Fsp3) is 0.500. The van der Waals surface area contributed by atoms with E-state index < -0.39 is 30.2 Å². The Bertz CT molecular complexity index is 464. The summed E-state index contributed by atoms with van der Waals surface area (Å²) in [5.41, 5.74) is 2.13. The molecule has 4 N–H and O–H groups in total. The maximum Gasteiger partial charge on any atom is 0.421 e. The minimum atomic E-state index is -4.80. The van der Waals surface area contributed by atoms with Crippen LogP contribution in [0.15, 0.2) is 30.3 Å². The number of benzene rings is 1. The number of unbranched alkanes of at least 4 members (excludes halogenated alkanes) is 1. The smallest absolute Gasteiger partial charge is 0.421 e. The van der Waals surface area contributed by atoms with Gasteiger partial charge in [-0.15, -0.1) is 0 Å². The highest BCUT2D eigenvalue weighted by Gasteiger charge is 2.54. The molecular weight excluding hydrogens is 287 g/mol. The summed E-state index contributed by atoms with van der Waals surface area (Å²) in [6.07, 6.45) is -5.06. The monoisotopic (exact) mass is 305 g/mol. The number of halogens is 3. The number of alkyl halides is 3. The van der Waals surface area contributed by atoms with Crippen LogP contribution in [-0.4, -0.2) is 28.4 Å². The maximum absolute atomic E-state index is 13.1. The van der Waals surface area contributed by atoms with E-state index in [1.807, 2.05) is 0 Å². The molecule has 1 aromatic carbocycles. The Morgan fingerprint density at radius 3 is 2.24 bits per heavy atom. The van der Waals surface area contributed by atoms with Crippen LogP contribution in [0.1, 0.15) is 31.2 Å². The first-order valence-electron chi connectivity index (χ1n) is 6.51. The van der Waals surface area contributed by atoms with Gasteiger partial charge in [0.1, 0.15) is 6.04 Å². The molecule has 7 heteroatoms. The maximum atomic E-state index is 13.1. The lowest BCUT2D eigenvalue weighted by Gasteiger charge is -2.31. The zero-order valence-electron chi connectivity index (χ0n) is 11.3. The number of nitrogens with two attached hydrogens (primary N) is 1. The second kappa shape index (κ2) is 6.91. The van der Waals surface area contributed by atoms with Gasteiger partial charge in [0, 0.05) is 0 Å².